The number of halogens is 1. The van der Waals surface area contributed by atoms with Crippen LogP contribution in [0.5, 0.6) is 0 Å². The van der Waals surface area contributed by atoms with E-state index in [0.717, 1.165) is 22.3 Å². The second kappa shape index (κ2) is 4.24. The monoisotopic (exact) mass is 246 g/mol. The summed E-state index contributed by atoms with van der Waals surface area (Å²) in [5.74, 6) is 0.596. The lowest BCUT2D eigenvalue weighted by atomic mass is 10.1. The van der Waals surface area contributed by atoms with E-state index in [9.17, 15) is 0 Å². The number of aliphatic hydroxyl groups is 1. The summed E-state index contributed by atoms with van der Waals surface area (Å²) in [6.45, 7) is 4.32. The van der Waals surface area contributed by atoms with Gasteiger partial charge in [-0.3, -0.25) is 4.68 Å². The maximum absolute atomic E-state index is 8.98. The van der Waals surface area contributed by atoms with Crippen LogP contribution < -0.4 is 0 Å². The molecule has 0 bridgehead atoms. The SMILES string of the molecule is CC(C)Cc1c(Br)c(CO)nn1C. The van der Waals surface area contributed by atoms with Crippen LogP contribution in [0.25, 0.3) is 0 Å². The fraction of sp³-hybridized carbons (Fsp3) is 0.667. The number of rotatable bonds is 3. The molecule has 0 aliphatic carbocycles. The summed E-state index contributed by atoms with van der Waals surface area (Å²) >= 11 is 3.45. The van der Waals surface area contributed by atoms with Gasteiger partial charge < -0.3 is 5.11 Å². The van der Waals surface area contributed by atoms with Crippen molar-refractivity contribution in [2.75, 3.05) is 0 Å². The van der Waals surface area contributed by atoms with Crippen LogP contribution in [0.1, 0.15) is 25.2 Å². The van der Waals surface area contributed by atoms with Gasteiger partial charge in [0.15, 0.2) is 0 Å². The molecule has 1 aromatic heterocycles. The highest BCUT2D eigenvalue weighted by Crippen LogP contribution is 2.23. The molecular formula is C9H15BrN2O. The van der Waals surface area contributed by atoms with Crippen LogP contribution in [0.2, 0.25) is 0 Å². The van der Waals surface area contributed by atoms with E-state index >= 15 is 0 Å². The highest BCUT2D eigenvalue weighted by molar-refractivity contribution is 9.10. The topological polar surface area (TPSA) is 38.1 Å². The summed E-state index contributed by atoms with van der Waals surface area (Å²) in [7, 11) is 1.90. The smallest absolute Gasteiger partial charge is 0.102 e. The zero-order chi connectivity index (χ0) is 10.0. The molecule has 1 heterocycles. The first-order valence-corrected chi connectivity index (χ1v) is 5.16. The van der Waals surface area contributed by atoms with Crippen molar-refractivity contribution < 1.29 is 5.11 Å². The third-order valence-electron chi connectivity index (χ3n) is 1.92. The molecule has 0 fully saturated rings. The van der Waals surface area contributed by atoms with Gasteiger partial charge in [-0.05, 0) is 28.3 Å². The van der Waals surface area contributed by atoms with Crippen LogP contribution in [-0.2, 0) is 20.1 Å². The minimum atomic E-state index is -0.00742. The van der Waals surface area contributed by atoms with Gasteiger partial charge in [0.25, 0.3) is 0 Å². The highest BCUT2D eigenvalue weighted by Gasteiger charge is 2.13. The van der Waals surface area contributed by atoms with Gasteiger partial charge in [-0.2, -0.15) is 5.10 Å². The molecule has 0 radical (unpaired) electrons. The van der Waals surface area contributed by atoms with Gasteiger partial charge in [-0.1, -0.05) is 13.8 Å². The van der Waals surface area contributed by atoms with E-state index in [0.29, 0.717) is 5.92 Å². The Hall–Kier alpha value is -0.350. The van der Waals surface area contributed by atoms with Gasteiger partial charge in [0, 0.05) is 7.05 Å². The fourth-order valence-corrected chi connectivity index (χ4v) is 1.93. The van der Waals surface area contributed by atoms with Gasteiger partial charge in [0.05, 0.1) is 16.8 Å². The fourth-order valence-electron chi connectivity index (χ4n) is 1.30. The first-order valence-electron chi connectivity index (χ1n) is 4.37. The van der Waals surface area contributed by atoms with Gasteiger partial charge in [0.1, 0.15) is 5.69 Å². The van der Waals surface area contributed by atoms with E-state index < -0.39 is 0 Å². The van der Waals surface area contributed by atoms with Crippen molar-refractivity contribution in [1.29, 1.82) is 0 Å². The minimum absolute atomic E-state index is 0.00742. The van der Waals surface area contributed by atoms with Crippen molar-refractivity contribution in [3.05, 3.63) is 15.9 Å². The van der Waals surface area contributed by atoms with Crippen LogP contribution in [0, 0.1) is 5.92 Å². The zero-order valence-electron chi connectivity index (χ0n) is 8.21. The van der Waals surface area contributed by atoms with Gasteiger partial charge >= 0.3 is 0 Å². The van der Waals surface area contributed by atoms with E-state index in [-0.39, 0.29) is 6.61 Å². The Morgan fingerprint density at radius 3 is 2.54 bits per heavy atom. The summed E-state index contributed by atoms with van der Waals surface area (Å²) < 4.78 is 2.78. The average molecular weight is 247 g/mol. The summed E-state index contributed by atoms with van der Waals surface area (Å²) in [4.78, 5) is 0. The molecule has 0 atom stereocenters. The van der Waals surface area contributed by atoms with Crippen molar-refractivity contribution in [2.24, 2.45) is 13.0 Å². The van der Waals surface area contributed by atoms with Crippen molar-refractivity contribution >= 4 is 15.9 Å². The van der Waals surface area contributed by atoms with Gasteiger partial charge in [-0.15, -0.1) is 0 Å². The molecule has 0 unspecified atom stereocenters. The van der Waals surface area contributed by atoms with E-state index in [2.05, 4.69) is 34.9 Å². The van der Waals surface area contributed by atoms with Crippen LogP contribution in [-0.4, -0.2) is 14.9 Å². The van der Waals surface area contributed by atoms with Crippen molar-refractivity contribution in [3.63, 3.8) is 0 Å². The van der Waals surface area contributed by atoms with E-state index in [4.69, 9.17) is 5.11 Å². The van der Waals surface area contributed by atoms with Gasteiger partial charge in [-0.25, -0.2) is 0 Å². The predicted octanol–water partition coefficient (Wildman–Crippen LogP) is 1.87. The first-order chi connectivity index (χ1) is 6.06. The lowest BCUT2D eigenvalue weighted by Crippen LogP contribution is -2.02. The molecule has 0 saturated carbocycles. The number of hydrogen-bond donors (Lipinski definition) is 1. The number of aromatic nitrogens is 2. The van der Waals surface area contributed by atoms with Crippen LogP contribution in [0.4, 0.5) is 0 Å². The van der Waals surface area contributed by atoms with Crippen LogP contribution in [0.15, 0.2) is 4.47 Å². The van der Waals surface area contributed by atoms with Crippen molar-refractivity contribution in [2.45, 2.75) is 26.9 Å². The summed E-state index contributed by atoms with van der Waals surface area (Å²) in [6.07, 6.45) is 0.976. The maximum Gasteiger partial charge on any atom is 0.102 e. The Labute approximate surface area is 86.9 Å². The van der Waals surface area contributed by atoms with Gasteiger partial charge in [0.2, 0.25) is 0 Å². The Bertz CT molecular complexity index is 294. The molecule has 74 valence electrons. The molecule has 0 amide bonds. The van der Waals surface area contributed by atoms with E-state index in [1.165, 1.54) is 0 Å². The van der Waals surface area contributed by atoms with E-state index in [1.54, 1.807) is 0 Å². The zero-order valence-corrected chi connectivity index (χ0v) is 9.80. The molecule has 0 aromatic carbocycles. The third-order valence-corrected chi connectivity index (χ3v) is 2.83. The standard InChI is InChI=1S/C9H15BrN2O/c1-6(2)4-8-9(10)7(5-13)11-12(8)3/h6,13H,4-5H2,1-3H3. The quantitative estimate of drug-likeness (QED) is 0.885. The maximum atomic E-state index is 8.98. The molecule has 0 saturated heterocycles. The molecule has 3 nitrogen and oxygen atoms in total. The summed E-state index contributed by atoms with van der Waals surface area (Å²) in [5, 5.41) is 13.2. The molecule has 1 N–H and O–H groups in total. The van der Waals surface area contributed by atoms with Crippen molar-refractivity contribution in [1.82, 2.24) is 9.78 Å². The normalized spacial score (nSPS) is 11.2. The molecule has 4 heteroatoms. The largest absolute Gasteiger partial charge is 0.390 e. The third kappa shape index (κ3) is 2.31. The molecule has 13 heavy (non-hydrogen) atoms. The Morgan fingerprint density at radius 2 is 2.15 bits per heavy atom. The predicted molar refractivity (Wildman–Crippen MR) is 55.4 cm³/mol. The lowest BCUT2D eigenvalue weighted by Gasteiger charge is -2.05. The summed E-state index contributed by atoms with van der Waals surface area (Å²) in [5.41, 5.74) is 1.87. The molecule has 0 aliphatic rings. The lowest BCUT2D eigenvalue weighted by molar-refractivity contribution is 0.275. The molecule has 1 aromatic rings. The highest BCUT2D eigenvalue weighted by atomic mass is 79.9. The second-order valence-electron chi connectivity index (χ2n) is 3.59. The second-order valence-corrected chi connectivity index (χ2v) is 4.38. The molecule has 0 spiro atoms. The van der Waals surface area contributed by atoms with Crippen molar-refractivity contribution in [3.8, 4) is 0 Å². The summed E-state index contributed by atoms with van der Waals surface area (Å²) in [6, 6.07) is 0. The number of hydrogen-bond acceptors (Lipinski definition) is 2. The average Bonchev–Trinajstić information content (AvgIpc) is 2.31. The number of aliphatic hydroxyl groups excluding tert-OH is 1. The minimum Gasteiger partial charge on any atom is -0.390 e. The number of aryl methyl sites for hydroxylation is 1. The first kappa shape index (κ1) is 10.7. The molecule has 1 rings (SSSR count). The number of nitrogens with zero attached hydrogens (tertiary/aromatic N) is 2. The molecule has 0 aliphatic heterocycles. The molecular weight excluding hydrogens is 232 g/mol. The Kier molecular flexibility index (Phi) is 3.50. The van der Waals surface area contributed by atoms with Crippen LogP contribution in [0.3, 0.4) is 0 Å². The van der Waals surface area contributed by atoms with E-state index in [1.807, 2.05) is 11.7 Å². The Balaban J connectivity index is 2.98. The van der Waals surface area contributed by atoms with Crippen LogP contribution >= 0.6 is 15.9 Å². The Morgan fingerprint density at radius 1 is 1.54 bits per heavy atom.